The summed E-state index contributed by atoms with van der Waals surface area (Å²) >= 11 is 0. The molecule has 0 saturated carbocycles. The van der Waals surface area contributed by atoms with E-state index in [4.69, 9.17) is 0 Å². The van der Waals surface area contributed by atoms with Crippen LogP contribution in [0.2, 0.25) is 0 Å². The summed E-state index contributed by atoms with van der Waals surface area (Å²) in [4.78, 5) is 6.74. The van der Waals surface area contributed by atoms with Crippen molar-refractivity contribution in [2.75, 3.05) is 13.1 Å². The van der Waals surface area contributed by atoms with Gasteiger partial charge >= 0.3 is 0 Å². The van der Waals surface area contributed by atoms with Crippen LogP contribution in [-0.2, 0) is 19.5 Å². The standard InChI is InChI=1S/C17H24N4/c1-2-21-11-7-17(19-21)14-20-9-5-15(6-10-20)12-16-4-3-8-18-13-16/h3-4,7-8,11,13,15H,2,5-6,9-10,12,14H2,1H3. The molecule has 3 rings (SSSR count). The van der Waals surface area contributed by atoms with Crippen molar-refractivity contribution < 1.29 is 0 Å². The van der Waals surface area contributed by atoms with E-state index in [9.17, 15) is 0 Å². The summed E-state index contributed by atoms with van der Waals surface area (Å²) in [5.41, 5.74) is 2.57. The van der Waals surface area contributed by atoms with E-state index in [1.54, 1.807) is 0 Å². The maximum absolute atomic E-state index is 4.58. The van der Waals surface area contributed by atoms with Crippen molar-refractivity contribution in [3.63, 3.8) is 0 Å². The van der Waals surface area contributed by atoms with Gasteiger partial charge in [0, 0.05) is 31.7 Å². The first-order valence-corrected chi connectivity index (χ1v) is 7.97. The van der Waals surface area contributed by atoms with Gasteiger partial charge in [-0.3, -0.25) is 14.6 Å². The van der Waals surface area contributed by atoms with Crippen LogP contribution in [0, 0.1) is 5.92 Å². The van der Waals surface area contributed by atoms with Crippen LogP contribution in [0.5, 0.6) is 0 Å². The van der Waals surface area contributed by atoms with Gasteiger partial charge in [-0.1, -0.05) is 6.07 Å². The summed E-state index contributed by atoms with van der Waals surface area (Å²) < 4.78 is 2.00. The van der Waals surface area contributed by atoms with Crippen LogP contribution in [0.3, 0.4) is 0 Å². The third-order valence-electron chi connectivity index (χ3n) is 4.36. The molecule has 0 bridgehead atoms. The van der Waals surface area contributed by atoms with Gasteiger partial charge in [0.25, 0.3) is 0 Å². The van der Waals surface area contributed by atoms with Crippen molar-refractivity contribution in [2.24, 2.45) is 5.92 Å². The quantitative estimate of drug-likeness (QED) is 0.846. The lowest BCUT2D eigenvalue weighted by molar-refractivity contribution is 0.175. The summed E-state index contributed by atoms with van der Waals surface area (Å²) in [6.45, 7) is 6.44. The van der Waals surface area contributed by atoms with Gasteiger partial charge in [-0.25, -0.2) is 0 Å². The summed E-state index contributed by atoms with van der Waals surface area (Å²) in [5, 5.41) is 4.58. The Labute approximate surface area is 126 Å². The summed E-state index contributed by atoms with van der Waals surface area (Å²) in [6.07, 6.45) is 9.66. The maximum Gasteiger partial charge on any atom is 0.0764 e. The molecule has 2 aromatic heterocycles. The molecule has 21 heavy (non-hydrogen) atoms. The van der Waals surface area contributed by atoms with E-state index in [0.29, 0.717) is 0 Å². The Kier molecular flexibility index (Phi) is 4.65. The van der Waals surface area contributed by atoms with E-state index in [1.165, 1.54) is 43.6 Å². The number of rotatable bonds is 5. The molecule has 1 aliphatic heterocycles. The summed E-state index contributed by atoms with van der Waals surface area (Å²) in [6, 6.07) is 6.37. The van der Waals surface area contributed by atoms with Crippen LogP contribution < -0.4 is 0 Å². The zero-order valence-corrected chi connectivity index (χ0v) is 12.8. The fraction of sp³-hybridized carbons (Fsp3) is 0.529. The molecule has 3 heterocycles. The average molecular weight is 284 g/mol. The SMILES string of the molecule is CCn1ccc(CN2CCC(Cc3cccnc3)CC2)n1. The Morgan fingerprint density at radius 2 is 2.10 bits per heavy atom. The first kappa shape index (κ1) is 14.3. The number of aryl methyl sites for hydroxylation is 1. The molecular formula is C17H24N4. The van der Waals surface area contributed by atoms with Gasteiger partial charge in [-0.05, 0) is 62.9 Å². The lowest BCUT2D eigenvalue weighted by Crippen LogP contribution is -2.34. The van der Waals surface area contributed by atoms with Crippen molar-refractivity contribution in [2.45, 2.75) is 39.3 Å². The largest absolute Gasteiger partial charge is 0.297 e. The molecule has 0 atom stereocenters. The van der Waals surface area contributed by atoms with Crippen molar-refractivity contribution >= 4 is 0 Å². The number of hydrogen-bond acceptors (Lipinski definition) is 3. The smallest absolute Gasteiger partial charge is 0.0764 e. The molecule has 1 aliphatic rings. The first-order chi connectivity index (χ1) is 10.3. The first-order valence-electron chi connectivity index (χ1n) is 7.97. The molecule has 0 aliphatic carbocycles. The molecule has 0 radical (unpaired) electrons. The Bertz CT molecular complexity index is 541. The molecule has 0 amide bonds. The minimum Gasteiger partial charge on any atom is -0.297 e. The summed E-state index contributed by atoms with van der Waals surface area (Å²) in [5.74, 6) is 0.804. The molecule has 0 spiro atoms. The van der Waals surface area contributed by atoms with E-state index in [0.717, 1.165) is 19.0 Å². The van der Waals surface area contributed by atoms with Crippen LogP contribution in [0.4, 0.5) is 0 Å². The lowest BCUT2D eigenvalue weighted by Gasteiger charge is -2.31. The molecule has 1 saturated heterocycles. The second-order valence-electron chi connectivity index (χ2n) is 5.95. The highest BCUT2D eigenvalue weighted by atomic mass is 15.3. The number of pyridine rings is 1. The third-order valence-corrected chi connectivity index (χ3v) is 4.36. The van der Waals surface area contributed by atoms with Crippen LogP contribution in [0.25, 0.3) is 0 Å². The number of hydrogen-bond donors (Lipinski definition) is 0. The molecule has 112 valence electrons. The predicted molar refractivity (Wildman–Crippen MR) is 83.8 cm³/mol. The average Bonchev–Trinajstić information content (AvgIpc) is 2.98. The predicted octanol–water partition coefficient (Wildman–Crippen LogP) is 2.75. The molecule has 1 fully saturated rings. The summed E-state index contributed by atoms with van der Waals surface area (Å²) in [7, 11) is 0. The number of piperidine rings is 1. The monoisotopic (exact) mass is 284 g/mol. The third kappa shape index (κ3) is 3.91. The second kappa shape index (κ2) is 6.85. The van der Waals surface area contributed by atoms with Crippen molar-refractivity contribution in [1.82, 2.24) is 19.7 Å². The van der Waals surface area contributed by atoms with Gasteiger partial charge in [-0.2, -0.15) is 5.10 Å². The molecular weight excluding hydrogens is 260 g/mol. The van der Waals surface area contributed by atoms with Gasteiger partial charge < -0.3 is 0 Å². The zero-order valence-electron chi connectivity index (χ0n) is 12.8. The van der Waals surface area contributed by atoms with Crippen LogP contribution in [0.1, 0.15) is 31.0 Å². The lowest BCUT2D eigenvalue weighted by atomic mass is 9.91. The molecule has 2 aromatic rings. The molecule has 0 N–H and O–H groups in total. The topological polar surface area (TPSA) is 34.0 Å². The number of nitrogens with zero attached hydrogens (tertiary/aromatic N) is 4. The van der Waals surface area contributed by atoms with E-state index in [-0.39, 0.29) is 0 Å². The van der Waals surface area contributed by atoms with Crippen LogP contribution in [0.15, 0.2) is 36.8 Å². The minimum atomic E-state index is 0.804. The van der Waals surface area contributed by atoms with Crippen molar-refractivity contribution in [1.29, 1.82) is 0 Å². The van der Waals surface area contributed by atoms with E-state index < -0.39 is 0 Å². The van der Waals surface area contributed by atoms with E-state index >= 15 is 0 Å². The highest BCUT2D eigenvalue weighted by Gasteiger charge is 2.20. The zero-order chi connectivity index (χ0) is 14.5. The molecule has 4 nitrogen and oxygen atoms in total. The number of aromatic nitrogens is 3. The van der Waals surface area contributed by atoms with Crippen molar-refractivity contribution in [3.8, 4) is 0 Å². The fourth-order valence-corrected chi connectivity index (χ4v) is 3.09. The number of likely N-dealkylation sites (tertiary alicyclic amines) is 1. The second-order valence-corrected chi connectivity index (χ2v) is 5.95. The van der Waals surface area contributed by atoms with Gasteiger partial charge in [0.15, 0.2) is 0 Å². The Balaban J connectivity index is 1.46. The Morgan fingerprint density at radius 3 is 2.76 bits per heavy atom. The molecule has 4 heteroatoms. The Hall–Kier alpha value is -1.68. The normalized spacial score (nSPS) is 17.2. The minimum absolute atomic E-state index is 0.804. The fourth-order valence-electron chi connectivity index (χ4n) is 3.09. The maximum atomic E-state index is 4.58. The van der Waals surface area contributed by atoms with Crippen LogP contribution in [-0.4, -0.2) is 32.8 Å². The molecule has 0 aromatic carbocycles. The highest BCUT2D eigenvalue weighted by molar-refractivity contribution is 5.09. The van der Waals surface area contributed by atoms with E-state index in [1.807, 2.05) is 23.1 Å². The molecule has 0 unspecified atom stereocenters. The Morgan fingerprint density at radius 1 is 1.24 bits per heavy atom. The highest BCUT2D eigenvalue weighted by Crippen LogP contribution is 2.22. The van der Waals surface area contributed by atoms with Crippen LogP contribution >= 0.6 is 0 Å². The van der Waals surface area contributed by atoms with Gasteiger partial charge in [0.1, 0.15) is 0 Å². The van der Waals surface area contributed by atoms with Crippen molar-refractivity contribution in [3.05, 3.63) is 48.0 Å². The van der Waals surface area contributed by atoms with E-state index in [2.05, 4.69) is 40.2 Å². The van der Waals surface area contributed by atoms with Gasteiger partial charge in [-0.15, -0.1) is 0 Å². The van der Waals surface area contributed by atoms with Gasteiger partial charge in [0.2, 0.25) is 0 Å². The van der Waals surface area contributed by atoms with Gasteiger partial charge in [0.05, 0.1) is 5.69 Å².